The van der Waals surface area contributed by atoms with E-state index in [4.69, 9.17) is 5.73 Å². The van der Waals surface area contributed by atoms with Crippen LogP contribution in [0.5, 0.6) is 0 Å². The van der Waals surface area contributed by atoms with Crippen molar-refractivity contribution < 1.29 is 14.6 Å². The molecule has 1 fully saturated rings. The van der Waals surface area contributed by atoms with E-state index in [2.05, 4.69) is 4.74 Å². The van der Waals surface area contributed by atoms with Crippen molar-refractivity contribution in [3.05, 3.63) is 0 Å². The third-order valence-electron chi connectivity index (χ3n) is 2.11. The van der Waals surface area contributed by atoms with Gasteiger partial charge in [-0.15, -0.1) is 12.4 Å². The second-order valence-corrected chi connectivity index (χ2v) is 2.92. The maximum Gasteiger partial charge on any atom is 0.308 e. The average molecular weight is 196 g/mol. The number of hydrogen-bond acceptors (Lipinski definition) is 4. The number of aliphatic hydroxyl groups excluding tert-OH is 1. The second-order valence-electron chi connectivity index (χ2n) is 2.92. The number of rotatable bonds is 1. The van der Waals surface area contributed by atoms with Gasteiger partial charge in [0, 0.05) is 6.04 Å². The molecule has 0 radical (unpaired) electrons. The Hall–Kier alpha value is -0.320. The van der Waals surface area contributed by atoms with Crippen LogP contribution in [0.4, 0.5) is 0 Å². The quantitative estimate of drug-likeness (QED) is 0.563. The number of nitrogens with two attached hydrogens (primary N) is 1. The number of methoxy groups -OCH3 is 1. The summed E-state index contributed by atoms with van der Waals surface area (Å²) in [7, 11) is 1.35. The maximum absolute atomic E-state index is 10.9. The zero-order chi connectivity index (χ0) is 8.43. The smallest absolute Gasteiger partial charge is 0.308 e. The first-order valence-corrected chi connectivity index (χ1v) is 3.66. The summed E-state index contributed by atoms with van der Waals surface area (Å²) in [5.41, 5.74) is 5.50. The van der Waals surface area contributed by atoms with Gasteiger partial charge in [-0.1, -0.05) is 0 Å². The summed E-state index contributed by atoms with van der Waals surface area (Å²) in [6, 6.07) is -0.265. The first kappa shape index (κ1) is 11.7. The number of hydrogen-bond donors (Lipinski definition) is 2. The molecule has 0 saturated heterocycles. The van der Waals surface area contributed by atoms with Crippen LogP contribution in [0.15, 0.2) is 0 Å². The predicted octanol–water partition coefficient (Wildman–Crippen LogP) is -0.321. The van der Waals surface area contributed by atoms with E-state index in [-0.39, 0.29) is 30.3 Å². The van der Waals surface area contributed by atoms with E-state index in [1.54, 1.807) is 0 Å². The third-order valence-corrected chi connectivity index (χ3v) is 2.11. The largest absolute Gasteiger partial charge is 0.469 e. The van der Waals surface area contributed by atoms with Gasteiger partial charge < -0.3 is 15.6 Å². The summed E-state index contributed by atoms with van der Waals surface area (Å²) in [5.74, 6) is -0.470. The Morgan fingerprint density at radius 2 is 2.17 bits per heavy atom. The fourth-order valence-electron chi connectivity index (χ4n) is 1.41. The zero-order valence-electron chi connectivity index (χ0n) is 6.90. The third kappa shape index (κ3) is 2.33. The van der Waals surface area contributed by atoms with Crippen LogP contribution < -0.4 is 5.73 Å². The van der Waals surface area contributed by atoms with E-state index in [1.807, 2.05) is 0 Å². The lowest BCUT2D eigenvalue weighted by Gasteiger charge is -2.04. The number of aliphatic hydroxyl groups is 1. The molecule has 1 rings (SSSR count). The van der Waals surface area contributed by atoms with E-state index in [0.29, 0.717) is 12.8 Å². The summed E-state index contributed by atoms with van der Waals surface area (Å²) in [5, 5.41) is 9.18. The molecule has 3 unspecified atom stereocenters. The van der Waals surface area contributed by atoms with Crippen LogP contribution in [0.3, 0.4) is 0 Å². The van der Waals surface area contributed by atoms with E-state index < -0.39 is 6.10 Å². The van der Waals surface area contributed by atoms with E-state index >= 15 is 0 Å². The molecule has 0 bridgehead atoms. The molecule has 1 saturated carbocycles. The van der Waals surface area contributed by atoms with Crippen LogP contribution in [-0.2, 0) is 9.53 Å². The Labute approximate surface area is 77.5 Å². The Morgan fingerprint density at radius 1 is 1.58 bits per heavy atom. The molecule has 3 atom stereocenters. The lowest BCUT2D eigenvalue weighted by Crippen LogP contribution is -2.28. The van der Waals surface area contributed by atoms with Gasteiger partial charge in [-0.2, -0.15) is 0 Å². The topological polar surface area (TPSA) is 72.5 Å². The molecule has 0 aliphatic heterocycles. The lowest BCUT2D eigenvalue weighted by atomic mass is 10.1. The molecule has 3 N–H and O–H groups in total. The van der Waals surface area contributed by atoms with Crippen LogP contribution in [-0.4, -0.2) is 30.3 Å². The Balaban J connectivity index is 0.00000121. The molecular weight excluding hydrogens is 182 g/mol. The molecule has 1 aliphatic carbocycles. The van der Waals surface area contributed by atoms with Crippen molar-refractivity contribution in [2.75, 3.05) is 7.11 Å². The summed E-state index contributed by atoms with van der Waals surface area (Å²) >= 11 is 0. The Kier molecular flexibility index (Phi) is 4.52. The molecule has 4 nitrogen and oxygen atoms in total. The molecule has 72 valence electrons. The number of esters is 1. The summed E-state index contributed by atoms with van der Waals surface area (Å²) < 4.78 is 4.53. The minimum absolute atomic E-state index is 0. The van der Waals surface area contributed by atoms with Gasteiger partial charge in [0.05, 0.1) is 19.1 Å². The highest BCUT2D eigenvalue weighted by atomic mass is 35.5. The molecule has 0 aromatic carbocycles. The van der Waals surface area contributed by atoms with Crippen molar-refractivity contribution in [2.45, 2.75) is 25.0 Å². The Morgan fingerprint density at radius 3 is 2.50 bits per heavy atom. The molecule has 0 heterocycles. The number of halogens is 1. The number of carbonyl (C=O) groups excluding carboxylic acids is 1. The van der Waals surface area contributed by atoms with Crippen LogP contribution in [0.25, 0.3) is 0 Å². The second kappa shape index (κ2) is 4.64. The van der Waals surface area contributed by atoms with Crippen LogP contribution in [0.1, 0.15) is 12.8 Å². The van der Waals surface area contributed by atoms with Gasteiger partial charge in [0.25, 0.3) is 0 Å². The standard InChI is InChI=1S/C7H13NO3.ClH/c1-11-7(10)4-2-5(8)6(9)3-4;/h4-6,9H,2-3,8H2,1H3;1H. The molecule has 1 aliphatic rings. The molecule has 0 amide bonds. The van der Waals surface area contributed by atoms with Crippen LogP contribution in [0, 0.1) is 5.92 Å². The highest BCUT2D eigenvalue weighted by Gasteiger charge is 2.35. The van der Waals surface area contributed by atoms with Gasteiger partial charge in [0.15, 0.2) is 0 Å². The number of ether oxygens (including phenoxy) is 1. The predicted molar refractivity (Wildman–Crippen MR) is 46.0 cm³/mol. The van der Waals surface area contributed by atoms with Crippen molar-refractivity contribution in [2.24, 2.45) is 11.7 Å². The van der Waals surface area contributed by atoms with Gasteiger partial charge in [-0.25, -0.2) is 0 Å². The highest BCUT2D eigenvalue weighted by molar-refractivity contribution is 5.85. The normalized spacial score (nSPS) is 34.1. The molecule has 5 heteroatoms. The number of carbonyl (C=O) groups is 1. The minimum Gasteiger partial charge on any atom is -0.469 e. The maximum atomic E-state index is 10.9. The van der Waals surface area contributed by atoms with Gasteiger partial charge in [-0.3, -0.25) is 4.79 Å². The van der Waals surface area contributed by atoms with E-state index in [1.165, 1.54) is 7.11 Å². The molecule has 0 spiro atoms. The SMILES string of the molecule is COC(=O)C1CC(N)C(O)C1.Cl. The molecule has 12 heavy (non-hydrogen) atoms. The summed E-state index contributed by atoms with van der Waals surface area (Å²) in [6.07, 6.45) is 0.431. The van der Waals surface area contributed by atoms with Crippen LogP contribution >= 0.6 is 12.4 Å². The fraction of sp³-hybridized carbons (Fsp3) is 0.857. The van der Waals surface area contributed by atoms with E-state index in [9.17, 15) is 9.90 Å². The summed E-state index contributed by atoms with van der Waals surface area (Å²) in [4.78, 5) is 10.9. The van der Waals surface area contributed by atoms with Gasteiger partial charge in [-0.05, 0) is 12.8 Å². The first-order valence-electron chi connectivity index (χ1n) is 3.66. The van der Waals surface area contributed by atoms with Crippen molar-refractivity contribution in [1.29, 1.82) is 0 Å². The van der Waals surface area contributed by atoms with Crippen molar-refractivity contribution in [1.82, 2.24) is 0 Å². The zero-order valence-corrected chi connectivity index (χ0v) is 7.71. The molecule has 0 aromatic heterocycles. The monoisotopic (exact) mass is 195 g/mol. The average Bonchev–Trinajstić information content (AvgIpc) is 2.31. The van der Waals surface area contributed by atoms with Crippen molar-refractivity contribution in [3.63, 3.8) is 0 Å². The van der Waals surface area contributed by atoms with Crippen LogP contribution in [0.2, 0.25) is 0 Å². The lowest BCUT2D eigenvalue weighted by molar-refractivity contribution is -0.145. The first-order chi connectivity index (χ1) is 5.15. The van der Waals surface area contributed by atoms with Gasteiger partial charge >= 0.3 is 5.97 Å². The van der Waals surface area contributed by atoms with Crippen molar-refractivity contribution in [3.8, 4) is 0 Å². The summed E-state index contributed by atoms with van der Waals surface area (Å²) in [6.45, 7) is 0. The Bertz CT molecular complexity index is 155. The fourth-order valence-corrected chi connectivity index (χ4v) is 1.41. The minimum atomic E-state index is -0.543. The van der Waals surface area contributed by atoms with Gasteiger partial charge in [0.1, 0.15) is 0 Å². The van der Waals surface area contributed by atoms with Gasteiger partial charge in [0.2, 0.25) is 0 Å². The van der Waals surface area contributed by atoms with E-state index in [0.717, 1.165) is 0 Å². The van der Waals surface area contributed by atoms with Crippen molar-refractivity contribution >= 4 is 18.4 Å². The molecular formula is C7H14ClNO3. The molecule has 0 aromatic rings. The highest BCUT2D eigenvalue weighted by Crippen LogP contribution is 2.25.